The summed E-state index contributed by atoms with van der Waals surface area (Å²) in [5.74, 6) is -0.321. The molecule has 1 atom stereocenters. The molecule has 3 heteroatoms. The van der Waals surface area contributed by atoms with Crippen molar-refractivity contribution in [3.8, 4) is 0 Å². The quantitative estimate of drug-likeness (QED) is 0.487. The van der Waals surface area contributed by atoms with Crippen molar-refractivity contribution in [3.05, 3.63) is 35.9 Å². The molecule has 12 heavy (non-hydrogen) atoms. The number of epoxide rings is 1. The average Bonchev–Trinajstić information content (AvgIpc) is 2.90. The number of carbonyl (C=O) groups is 1. The van der Waals surface area contributed by atoms with E-state index in [1.807, 2.05) is 6.07 Å². The molecule has 2 rings (SSSR count). The number of hydrogen-bond acceptors (Lipinski definition) is 3. The maximum Gasteiger partial charge on any atom is 0.340 e. The zero-order valence-corrected chi connectivity index (χ0v) is 6.40. The van der Waals surface area contributed by atoms with Gasteiger partial charge in [-0.05, 0) is 12.1 Å². The van der Waals surface area contributed by atoms with Gasteiger partial charge < -0.3 is 9.47 Å². The summed E-state index contributed by atoms with van der Waals surface area (Å²) in [6, 6.07) is 8.87. The Bertz CT molecular complexity index is 277. The Labute approximate surface area is 69.9 Å². The topological polar surface area (TPSA) is 38.8 Å². The molecule has 1 aliphatic rings. The predicted octanol–water partition coefficient (Wildman–Crippen LogP) is 1.20. The van der Waals surface area contributed by atoms with Crippen LogP contribution in [-0.2, 0) is 9.47 Å². The standard InChI is InChI=1S/C9H8O3/c10-9(12-8-6-11-8)7-4-2-1-3-5-7/h1-5,8H,6H2. The SMILES string of the molecule is O=C(OC1CO1)c1ccccc1. The normalized spacial score (nSPS) is 20.2. The van der Waals surface area contributed by atoms with Gasteiger partial charge in [-0.25, -0.2) is 4.79 Å². The summed E-state index contributed by atoms with van der Waals surface area (Å²) in [7, 11) is 0. The molecule has 0 amide bonds. The summed E-state index contributed by atoms with van der Waals surface area (Å²) in [6.07, 6.45) is -0.308. The molecule has 0 aromatic heterocycles. The Hall–Kier alpha value is -1.35. The van der Waals surface area contributed by atoms with Crippen LogP contribution in [0.15, 0.2) is 30.3 Å². The Morgan fingerprint density at radius 3 is 2.67 bits per heavy atom. The van der Waals surface area contributed by atoms with Crippen molar-refractivity contribution in [2.45, 2.75) is 6.29 Å². The van der Waals surface area contributed by atoms with E-state index in [1.165, 1.54) is 0 Å². The highest BCUT2D eigenvalue weighted by Crippen LogP contribution is 2.13. The van der Waals surface area contributed by atoms with Gasteiger partial charge in [0.25, 0.3) is 0 Å². The molecule has 0 saturated carbocycles. The summed E-state index contributed by atoms with van der Waals surface area (Å²) in [6.45, 7) is 0.526. The van der Waals surface area contributed by atoms with E-state index in [9.17, 15) is 4.79 Å². The highest BCUT2D eigenvalue weighted by atomic mass is 16.8. The molecule has 0 spiro atoms. The van der Waals surface area contributed by atoms with Crippen LogP contribution in [0.3, 0.4) is 0 Å². The molecule has 1 heterocycles. The summed E-state index contributed by atoms with van der Waals surface area (Å²) < 4.78 is 9.64. The van der Waals surface area contributed by atoms with Gasteiger partial charge in [0.15, 0.2) is 0 Å². The molecule has 1 aliphatic heterocycles. The second-order valence-electron chi connectivity index (χ2n) is 2.53. The van der Waals surface area contributed by atoms with Crippen molar-refractivity contribution in [3.63, 3.8) is 0 Å². The fourth-order valence-electron chi connectivity index (χ4n) is 0.869. The molecule has 0 radical (unpaired) electrons. The van der Waals surface area contributed by atoms with Crippen molar-refractivity contribution in [1.29, 1.82) is 0 Å². The smallest absolute Gasteiger partial charge is 0.340 e. The van der Waals surface area contributed by atoms with Gasteiger partial charge in [-0.2, -0.15) is 0 Å². The minimum atomic E-state index is -0.321. The molecule has 3 nitrogen and oxygen atoms in total. The molecule has 1 unspecified atom stereocenters. The molecule has 0 bridgehead atoms. The number of ether oxygens (including phenoxy) is 2. The first-order chi connectivity index (χ1) is 5.86. The zero-order valence-electron chi connectivity index (χ0n) is 6.40. The van der Waals surface area contributed by atoms with Gasteiger partial charge in [0.05, 0.1) is 5.56 Å². The molecule has 1 aromatic carbocycles. The van der Waals surface area contributed by atoms with Crippen LogP contribution in [0.4, 0.5) is 0 Å². The van der Waals surface area contributed by atoms with Crippen LogP contribution in [0.25, 0.3) is 0 Å². The summed E-state index contributed by atoms with van der Waals surface area (Å²) >= 11 is 0. The van der Waals surface area contributed by atoms with Gasteiger partial charge in [0.1, 0.15) is 6.61 Å². The zero-order chi connectivity index (χ0) is 8.39. The Kier molecular flexibility index (Phi) is 1.80. The van der Waals surface area contributed by atoms with E-state index in [2.05, 4.69) is 0 Å². The number of esters is 1. The van der Waals surface area contributed by atoms with Crippen LogP contribution in [0.5, 0.6) is 0 Å². The lowest BCUT2D eigenvalue weighted by Gasteiger charge is -1.98. The van der Waals surface area contributed by atoms with E-state index in [0.29, 0.717) is 12.2 Å². The van der Waals surface area contributed by atoms with Gasteiger partial charge in [0, 0.05) is 0 Å². The van der Waals surface area contributed by atoms with Gasteiger partial charge in [-0.1, -0.05) is 18.2 Å². The Morgan fingerprint density at radius 2 is 2.08 bits per heavy atom. The van der Waals surface area contributed by atoms with Crippen molar-refractivity contribution >= 4 is 5.97 Å². The molecule has 0 aliphatic carbocycles. The van der Waals surface area contributed by atoms with Crippen LogP contribution in [0.1, 0.15) is 10.4 Å². The number of carbonyl (C=O) groups excluding carboxylic acids is 1. The van der Waals surface area contributed by atoms with Crippen LogP contribution in [0, 0.1) is 0 Å². The maximum absolute atomic E-state index is 11.2. The first-order valence-corrected chi connectivity index (χ1v) is 3.74. The fourth-order valence-corrected chi connectivity index (χ4v) is 0.869. The van der Waals surface area contributed by atoms with Crippen molar-refractivity contribution in [1.82, 2.24) is 0 Å². The minimum Gasteiger partial charge on any atom is -0.430 e. The van der Waals surface area contributed by atoms with E-state index in [4.69, 9.17) is 9.47 Å². The molecule has 0 N–H and O–H groups in total. The van der Waals surface area contributed by atoms with Crippen LogP contribution in [0.2, 0.25) is 0 Å². The molecule has 1 aromatic rings. The van der Waals surface area contributed by atoms with Gasteiger partial charge >= 0.3 is 5.97 Å². The van der Waals surface area contributed by atoms with Crippen molar-refractivity contribution in [2.24, 2.45) is 0 Å². The van der Waals surface area contributed by atoms with Crippen molar-refractivity contribution in [2.75, 3.05) is 6.61 Å². The average molecular weight is 164 g/mol. The van der Waals surface area contributed by atoms with Crippen molar-refractivity contribution < 1.29 is 14.3 Å². The first-order valence-electron chi connectivity index (χ1n) is 3.74. The van der Waals surface area contributed by atoms with E-state index in [0.717, 1.165) is 0 Å². The van der Waals surface area contributed by atoms with Gasteiger partial charge in [0.2, 0.25) is 6.29 Å². The van der Waals surface area contributed by atoms with Gasteiger partial charge in [-0.3, -0.25) is 0 Å². The van der Waals surface area contributed by atoms with Crippen LogP contribution in [-0.4, -0.2) is 18.9 Å². The molecular formula is C9H8O3. The monoisotopic (exact) mass is 164 g/mol. The summed E-state index contributed by atoms with van der Waals surface area (Å²) in [4.78, 5) is 11.2. The fraction of sp³-hybridized carbons (Fsp3) is 0.222. The van der Waals surface area contributed by atoms with E-state index in [-0.39, 0.29) is 12.3 Å². The number of hydrogen-bond donors (Lipinski definition) is 0. The second kappa shape index (κ2) is 2.95. The third-order valence-electron chi connectivity index (χ3n) is 1.55. The second-order valence-corrected chi connectivity index (χ2v) is 2.53. The van der Waals surface area contributed by atoms with E-state index < -0.39 is 0 Å². The Balaban J connectivity index is 2.03. The lowest BCUT2D eigenvalue weighted by atomic mass is 10.2. The lowest BCUT2D eigenvalue weighted by molar-refractivity contribution is 0.0297. The highest BCUT2D eigenvalue weighted by molar-refractivity contribution is 5.89. The maximum atomic E-state index is 11.2. The molecule has 1 saturated heterocycles. The molecule has 1 fully saturated rings. The molecular weight excluding hydrogens is 156 g/mol. The number of benzene rings is 1. The molecule has 62 valence electrons. The highest BCUT2D eigenvalue weighted by Gasteiger charge is 2.27. The summed E-state index contributed by atoms with van der Waals surface area (Å²) in [5.41, 5.74) is 0.563. The minimum absolute atomic E-state index is 0.308. The lowest BCUT2D eigenvalue weighted by Crippen LogP contribution is -2.06. The Morgan fingerprint density at radius 1 is 1.42 bits per heavy atom. The van der Waals surface area contributed by atoms with Crippen LogP contribution < -0.4 is 0 Å². The van der Waals surface area contributed by atoms with E-state index in [1.54, 1.807) is 24.3 Å². The van der Waals surface area contributed by atoms with Gasteiger partial charge in [-0.15, -0.1) is 0 Å². The number of rotatable bonds is 2. The third kappa shape index (κ3) is 1.62. The third-order valence-corrected chi connectivity index (χ3v) is 1.55. The van der Waals surface area contributed by atoms with E-state index >= 15 is 0 Å². The largest absolute Gasteiger partial charge is 0.430 e. The summed E-state index contributed by atoms with van der Waals surface area (Å²) in [5, 5.41) is 0. The first kappa shape index (κ1) is 7.31. The predicted molar refractivity (Wildman–Crippen MR) is 41.6 cm³/mol. The van der Waals surface area contributed by atoms with Crippen LogP contribution >= 0.6 is 0 Å².